The zero-order chi connectivity index (χ0) is 12.2. The minimum Gasteiger partial charge on any atom is -0.383 e. The third kappa shape index (κ3) is 8.55. The molecule has 4 nitrogen and oxygen atoms in total. The molecule has 1 unspecified atom stereocenters. The smallest absolute Gasteiger partial charge is 0.0587 e. The molecule has 4 heteroatoms. The summed E-state index contributed by atoms with van der Waals surface area (Å²) >= 11 is 0. The van der Waals surface area contributed by atoms with Gasteiger partial charge in [0.2, 0.25) is 0 Å². The molecule has 2 N–H and O–H groups in total. The standard InChI is InChI=1S/C13H28N2O2/c1-16-12-10-15-9-4-8-14-7-2-5-13-6-3-11-17-13/h13-15H,2-12H2,1H3. The average molecular weight is 244 g/mol. The van der Waals surface area contributed by atoms with Gasteiger partial charge in [-0.25, -0.2) is 0 Å². The Morgan fingerprint density at radius 3 is 2.59 bits per heavy atom. The molecule has 102 valence electrons. The fourth-order valence-electron chi connectivity index (χ4n) is 2.09. The Morgan fingerprint density at radius 1 is 1.12 bits per heavy atom. The van der Waals surface area contributed by atoms with Gasteiger partial charge in [-0.3, -0.25) is 0 Å². The van der Waals surface area contributed by atoms with Crippen molar-refractivity contribution in [2.24, 2.45) is 0 Å². The van der Waals surface area contributed by atoms with E-state index in [-0.39, 0.29) is 0 Å². The Hall–Kier alpha value is -0.160. The summed E-state index contributed by atoms with van der Waals surface area (Å²) in [5.41, 5.74) is 0. The van der Waals surface area contributed by atoms with E-state index in [0.29, 0.717) is 6.10 Å². The van der Waals surface area contributed by atoms with Crippen molar-refractivity contribution in [3.05, 3.63) is 0 Å². The molecule has 0 aromatic rings. The summed E-state index contributed by atoms with van der Waals surface area (Å²) in [6.07, 6.45) is 6.71. The van der Waals surface area contributed by atoms with Crippen molar-refractivity contribution in [3.8, 4) is 0 Å². The van der Waals surface area contributed by atoms with Gasteiger partial charge in [-0.15, -0.1) is 0 Å². The molecule has 0 spiro atoms. The largest absolute Gasteiger partial charge is 0.383 e. The lowest BCUT2D eigenvalue weighted by Gasteiger charge is -2.09. The molecule has 1 saturated heterocycles. The molecule has 1 rings (SSSR count). The quantitative estimate of drug-likeness (QED) is 0.535. The average Bonchev–Trinajstić information content (AvgIpc) is 2.85. The first-order valence-electron chi connectivity index (χ1n) is 6.95. The lowest BCUT2D eigenvalue weighted by atomic mass is 10.1. The van der Waals surface area contributed by atoms with Crippen LogP contribution < -0.4 is 10.6 Å². The van der Waals surface area contributed by atoms with Crippen molar-refractivity contribution in [2.75, 3.05) is 46.5 Å². The van der Waals surface area contributed by atoms with Crippen LogP contribution in [-0.4, -0.2) is 52.6 Å². The van der Waals surface area contributed by atoms with E-state index in [1.165, 1.54) is 32.1 Å². The van der Waals surface area contributed by atoms with Gasteiger partial charge in [-0.05, 0) is 51.7 Å². The van der Waals surface area contributed by atoms with Crippen LogP contribution >= 0.6 is 0 Å². The molecule has 1 aliphatic rings. The van der Waals surface area contributed by atoms with Crippen LogP contribution in [-0.2, 0) is 9.47 Å². The van der Waals surface area contributed by atoms with E-state index in [4.69, 9.17) is 9.47 Å². The summed E-state index contributed by atoms with van der Waals surface area (Å²) in [4.78, 5) is 0. The number of hydrogen-bond donors (Lipinski definition) is 2. The highest BCUT2D eigenvalue weighted by atomic mass is 16.5. The Balaban J connectivity index is 1.69. The third-order valence-electron chi connectivity index (χ3n) is 3.09. The van der Waals surface area contributed by atoms with Gasteiger partial charge in [0, 0.05) is 20.3 Å². The van der Waals surface area contributed by atoms with E-state index >= 15 is 0 Å². The van der Waals surface area contributed by atoms with Crippen LogP contribution in [0.2, 0.25) is 0 Å². The summed E-state index contributed by atoms with van der Waals surface area (Å²) in [5, 5.41) is 6.81. The first-order chi connectivity index (χ1) is 8.43. The van der Waals surface area contributed by atoms with E-state index in [1.807, 2.05) is 0 Å². The summed E-state index contributed by atoms with van der Waals surface area (Å²) < 4.78 is 10.5. The number of methoxy groups -OCH3 is 1. The van der Waals surface area contributed by atoms with Crippen molar-refractivity contribution in [3.63, 3.8) is 0 Å². The molecule has 0 aliphatic carbocycles. The third-order valence-corrected chi connectivity index (χ3v) is 3.09. The van der Waals surface area contributed by atoms with Crippen LogP contribution in [0, 0.1) is 0 Å². The molecule has 0 amide bonds. The summed E-state index contributed by atoms with van der Waals surface area (Å²) in [7, 11) is 1.73. The van der Waals surface area contributed by atoms with Crippen LogP contribution in [0.25, 0.3) is 0 Å². The molecule has 0 bridgehead atoms. The molecule has 0 aromatic heterocycles. The van der Waals surface area contributed by atoms with Gasteiger partial charge in [0.05, 0.1) is 12.7 Å². The van der Waals surface area contributed by atoms with Crippen molar-refractivity contribution >= 4 is 0 Å². The van der Waals surface area contributed by atoms with Crippen molar-refractivity contribution in [2.45, 2.75) is 38.2 Å². The highest BCUT2D eigenvalue weighted by molar-refractivity contribution is 4.65. The predicted octanol–water partition coefficient (Wildman–Crippen LogP) is 1.16. The van der Waals surface area contributed by atoms with Crippen LogP contribution in [0.3, 0.4) is 0 Å². The van der Waals surface area contributed by atoms with E-state index in [9.17, 15) is 0 Å². The molecule has 1 fully saturated rings. The zero-order valence-corrected chi connectivity index (χ0v) is 11.2. The second-order valence-corrected chi connectivity index (χ2v) is 4.62. The number of nitrogens with one attached hydrogen (secondary N) is 2. The van der Waals surface area contributed by atoms with E-state index in [1.54, 1.807) is 7.11 Å². The Bertz CT molecular complexity index is 161. The molecule has 17 heavy (non-hydrogen) atoms. The van der Waals surface area contributed by atoms with Crippen LogP contribution in [0.5, 0.6) is 0 Å². The van der Waals surface area contributed by atoms with Gasteiger partial charge < -0.3 is 20.1 Å². The zero-order valence-electron chi connectivity index (χ0n) is 11.2. The van der Waals surface area contributed by atoms with Crippen molar-refractivity contribution in [1.29, 1.82) is 0 Å². The fourth-order valence-corrected chi connectivity index (χ4v) is 2.09. The number of hydrogen-bond acceptors (Lipinski definition) is 4. The summed E-state index contributed by atoms with van der Waals surface area (Å²) in [6, 6.07) is 0. The number of ether oxygens (including phenoxy) is 2. The predicted molar refractivity (Wildman–Crippen MR) is 70.4 cm³/mol. The maximum atomic E-state index is 5.59. The summed E-state index contributed by atoms with van der Waals surface area (Å²) in [5.74, 6) is 0. The molecule has 0 saturated carbocycles. The molecule has 0 radical (unpaired) electrons. The number of rotatable bonds is 11. The van der Waals surface area contributed by atoms with Crippen molar-refractivity contribution < 1.29 is 9.47 Å². The maximum absolute atomic E-state index is 5.59. The summed E-state index contributed by atoms with van der Waals surface area (Å²) in [6.45, 7) is 6.03. The van der Waals surface area contributed by atoms with E-state index in [2.05, 4.69) is 10.6 Å². The second kappa shape index (κ2) is 11.0. The van der Waals surface area contributed by atoms with Gasteiger partial charge in [0.1, 0.15) is 0 Å². The lowest BCUT2D eigenvalue weighted by Crippen LogP contribution is -2.25. The topological polar surface area (TPSA) is 42.5 Å². The van der Waals surface area contributed by atoms with Gasteiger partial charge >= 0.3 is 0 Å². The molecule has 1 aliphatic heterocycles. The van der Waals surface area contributed by atoms with Gasteiger partial charge in [-0.2, -0.15) is 0 Å². The van der Waals surface area contributed by atoms with Crippen molar-refractivity contribution in [1.82, 2.24) is 10.6 Å². The first kappa shape index (κ1) is 14.9. The van der Waals surface area contributed by atoms with Gasteiger partial charge in [-0.1, -0.05) is 0 Å². The Labute approximate surface area is 105 Å². The highest BCUT2D eigenvalue weighted by Crippen LogP contribution is 2.16. The highest BCUT2D eigenvalue weighted by Gasteiger charge is 2.13. The van der Waals surface area contributed by atoms with Gasteiger partial charge in [0.15, 0.2) is 0 Å². The molecular weight excluding hydrogens is 216 g/mol. The van der Waals surface area contributed by atoms with Crippen LogP contribution in [0.1, 0.15) is 32.1 Å². The molecular formula is C13H28N2O2. The van der Waals surface area contributed by atoms with Crippen LogP contribution in [0.4, 0.5) is 0 Å². The van der Waals surface area contributed by atoms with E-state index < -0.39 is 0 Å². The molecule has 1 heterocycles. The minimum absolute atomic E-state index is 0.549. The van der Waals surface area contributed by atoms with Crippen LogP contribution in [0.15, 0.2) is 0 Å². The Kier molecular flexibility index (Phi) is 9.61. The van der Waals surface area contributed by atoms with Gasteiger partial charge in [0.25, 0.3) is 0 Å². The molecule has 1 atom stereocenters. The normalized spacial score (nSPS) is 19.9. The van der Waals surface area contributed by atoms with E-state index in [0.717, 1.165) is 39.4 Å². The molecule has 0 aromatic carbocycles. The maximum Gasteiger partial charge on any atom is 0.0587 e. The SMILES string of the molecule is COCCNCCCNCCCC1CCCO1. The monoisotopic (exact) mass is 244 g/mol. The lowest BCUT2D eigenvalue weighted by molar-refractivity contribution is 0.102. The minimum atomic E-state index is 0.549. The second-order valence-electron chi connectivity index (χ2n) is 4.62. The first-order valence-corrected chi connectivity index (χ1v) is 6.95. The fraction of sp³-hybridized carbons (Fsp3) is 1.00. The Morgan fingerprint density at radius 2 is 1.88 bits per heavy atom.